The van der Waals surface area contributed by atoms with Crippen molar-refractivity contribution < 1.29 is 14.1 Å². The van der Waals surface area contributed by atoms with Crippen LogP contribution < -0.4 is 15.4 Å². The van der Waals surface area contributed by atoms with Crippen molar-refractivity contribution in [3.63, 3.8) is 0 Å². The summed E-state index contributed by atoms with van der Waals surface area (Å²) in [7, 11) is 0. The molecule has 8 heteroatoms. The van der Waals surface area contributed by atoms with Crippen LogP contribution in [0.5, 0.6) is 5.75 Å². The third kappa shape index (κ3) is 4.55. The summed E-state index contributed by atoms with van der Waals surface area (Å²) in [5, 5.41) is 10.3. The van der Waals surface area contributed by atoms with E-state index in [0.717, 1.165) is 30.8 Å². The lowest BCUT2D eigenvalue weighted by Gasteiger charge is -2.22. The standard InChI is InChI=1S/C20H20ClN3O3S/c21-19-6-5-18(28-19)17-11-14(24-27-17)12-26-16-4-2-1-3-15(16)23-20(25)13-7-9-22-10-8-13/h1-6,11,13,22H,7-10,12H2,(H,23,25). The normalized spacial score (nSPS) is 14.8. The van der Waals surface area contributed by atoms with Crippen LogP contribution in [0.4, 0.5) is 5.69 Å². The largest absolute Gasteiger partial charge is 0.485 e. The molecule has 0 radical (unpaired) electrons. The zero-order chi connectivity index (χ0) is 19.3. The highest BCUT2D eigenvalue weighted by Gasteiger charge is 2.21. The Morgan fingerprint density at radius 3 is 2.89 bits per heavy atom. The Morgan fingerprint density at radius 2 is 2.11 bits per heavy atom. The fourth-order valence-corrected chi connectivity index (χ4v) is 4.10. The number of halogens is 1. The maximum absolute atomic E-state index is 12.5. The van der Waals surface area contributed by atoms with Crippen LogP contribution in [-0.2, 0) is 11.4 Å². The molecular formula is C20H20ClN3O3S. The monoisotopic (exact) mass is 417 g/mol. The van der Waals surface area contributed by atoms with E-state index in [1.807, 2.05) is 42.5 Å². The third-order valence-corrected chi connectivity index (χ3v) is 5.85. The second kappa shape index (κ2) is 8.77. The summed E-state index contributed by atoms with van der Waals surface area (Å²) in [5.74, 6) is 1.33. The number of carbonyl (C=O) groups is 1. The van der Waals surface area contributed by atoms with Crippen molar-refractivity contribution in [2.45, 2.75) is 19.4 Å². The first-order valence-electron chi connectivity index (χ1n) is 9.14. The van der Waals surface area contributed by atoms with Crippen LogP contribution >= 0.6 is 22.9 Å². The number of aromatic nitrogens is 1. The molecule has 1 aliphatic rings. The summed E-state index contributed by atoms with van der Waals surface area (Å²) in [6.07, 6.45) is 1.70. The van der Waals surface area contributed by atoms with Gasteiger partial charge in [0.25, 0.3) is 0 Å². The smallest absolute Gasteiger partial charge is 0.227 e. The van der Waals surface area contributed by atoms with Crippen molar-refractivity contribution in [2.75, 3.05) is 18.4 Å². The number of amides is 1. The minimum Gasteiger partial charge on any atom is -0.485 e. The van der Waals surface area contributed by atoms with Gasteiger partial charge in [0.2, 0.25) is 5.91 Å². The van der Waals surface area contributed by atoms with E-state index in [-0.39, 0.29) is 18.4 Å². The first kappa shape index (κ1) is 19.0. The number of anilines is 1. The summed E-state index contributed by atoms with van der Waals surface area (Å²) < 4.78 is 12.0. The van der Waals surface area contributed by atoms with Gasteiger partial charge in [-0.25, -0.2) is 0 Å². The molecule has 6 nitrogen and oxygen atoms in total. The molecule has 146 valence electrons. The molecule has 0 spiro atoms. The lowest BCUT2D eigenvalue weighted by Crippen LogP contribution is -2.34. The number of nitrogens with zero attached hydrogens (tertiary/aromatic N) is 1. The van der Waals surface area contributed by atoms with Gasteiger partial charge in [-0.1, -0.05) is 28.9 Å². The van der Waals surface area contributed by atoms with Crippen LogP contribution in [0.1, 0.15) is 18.5 Å². The second-order valence-corrected chi connectivity index (χ2v) is 8.30. The zero-order valence-corrected chi connectivity index (χ0v) is 16.7. The molecule has 3 heterocycles. The van der Waals surface area contributed by atoms with Gasteiger partial charge in [0.15, 0.2) is 5.76 Å². The number of hydrogen-bond donors (Lipinski definition) is 2. The number of ether oxygens (including phenoxy) is 1. The first-order valence-corrected chi connectivity index (χ1v) is 10.3. The highest BCUT2D eigenvalue weighted by atomic mass is 35.5. The predicted octanol–water partition coefficient (Wildman–Crippen LogP) is 4.57. The van der Waals surface area contributed by atoms with Gasteiger partial charge >= 0.3 is 0 Å². The van der Waals surface area contributed by atoms with Crippen LogP contribution in [0, 0.1) is 5.92 Å². The van der Waals surface area contributed by atoms with Crippen molar-refractivity contribution in [1.82, 2.24) is 10.5 Å². The van der Waals surface area contributed by atoms with E-state index < -0.39 is 0 Å². The molecule has 0 unspecified atom stereocenters. The Morgan fingerprint density at radius 1 is 1.29 bits per heavy atom. The Labute approximate surface area is 171 Å². The summed E-state index contributed by atoms with van der Waals surface area (Å²) in [4.78, 5) is 13.4. The lowest BCUT2D eigenvalue weighted by atomic mass is 9.97. The van der Waals surface area contributed by atoms with Crippen LogP contribution in [0.2, 0.25) is 4.34 Å². The Kier molecular flexibility index (Phi) is 5.95. The molecular weight excluding hydrogens is 398 g/mol. The van der Waals surface area contributed by atoms with E-state index >= 15 is 0 Å². The lowest BCUT2D eigenvalue weighted by molar-refractivity contribution is -0.120. The van der Waals surface area contributed by atoms with E-state index in [9.17, 15) is 4.79 Å². The Bertz CT molecular complexity index is 950. The molecule has 1 aromatic carbocycles. The van der Waals surface area contributed by atoms with Crippen LogP contribution in [-0.4, -0.2) is 24.2 Å². The summed E-state index contributed by atoms with van der Waals surface area (Å²) in [6, 6.07) is 13.0. The maximum atomic E-state index is 12.5. The number of carbonyl (C=O) groups excluding carboxylic acids is 1. The van der Waals surface area contributed by atoms with E-state index in [1.54, 1.807) is 0 Å². The van der Waals surface area contributed by atoms with Gasteiger partial charge < -0.3 is 19.9 Å². The third-order valence-electron chi connectivity index (χ3n) is 4.61. The number of thiophene rings is 1. The molecule has 4 rings (SSSR count). The fourth-order valence-electron chi connectivity index (χ4n) is 3.11. The quantitative estimate of drug-likeness (QED) is 0.614. The van der Waals surface area contributed by atoms with E-state index in [2.05, 4.69) is 15.8 Å². The van der Waals surface area contributed by atoms with Crippen molar-refractivity contribution in [2.24, 2.45) is 5.92 Å². The Balaban J connectivity index is 1.40. The van der Waals surface area contributed by atoms with Gasteiger partial charge in [-0.05, 0) is 50.2 Å². The molecule has 2 N–H and O–H groups in total. The predicted molar refractivity (Wildman–Crippen MR) is 110 cm³/mol. The maximum Gasteiger partial charge on any atom is 0.227 e. The van der Waals surface area contributed by atoms with Gasteiger partial charge in [-0.2, -0.15) is 0 Å². The van der Waals surface area contributed by atoms with Crippen LogP contribution in [0.25, 0.3) is 10.6 Å². The average molecular weight is 418 g/mol. The highest BCUT2D eigenvalue weighted by Crippen LogP contribution is 2.32. The number of rotatable bonds is 6. The molecule has 1 fully saturated rings. The molecule has 0 bridgehead atoms. The van der Waals surface area contributed by atoms with E-state index in [1.165, 1.54) is 11.3 Å². The van der Waals surface area contributed by atoms with Crippen molar-refractivity contribution in [3.05, 3.63) is 52.5 Å². The summed E-state index contributed by atoms with van der Waals surface area (Å²) in [5.41, 5.74) is 1.33. The minimum atomic E-state index is 0.0324. The van der Waals surface area contributed by atoms with E-state index in [0.29, 0.717) is 27.2 Å². The first-order chi connectivity index (χ1) is 13.7. The minimum absolute atomic E-state index is 0.0324. The highest BCUT2D eigenvalue weighted by molar-refractivity contribution is 7.19. The molecule has 28 heavy (non-hydrogen) atoms. The number of nitrogens with one attached hydrogen (secondary N) is 2. The Hall–Kier alpha value is -2.35. The van der Waals surface area contributed by atoms with Crippen molar-refractivity contribution >= 4 is 34.5 Å². The molecule has 0 atom stereocenters. The molecule has 2 aromatic heterocycles. The molecule has 1 saturated heterocycles. The molecule has 3 aromatic rings. The van der Waals surface area contributed by atoms with E-state index in [4.69, 9.17) is 20.9 Å². The number of para-hydroxylation sites is 2. The van der Waals surface area contributed by atoms with Gasteiger partial charge in [0.1, 0.15) is 18.1 Å². The number of benzene rings is 1. The van der Waals surface area contributed by atoms with Crippen molar-refractivity contribution in [1.29, 1.82) is 0 Å². The van der Waals surface area contributed by atoms with Gasteiger partial charge in [-0.3, -0.25) is 4.79 Å². The topological polar surface area (TPSA) is 76.4 Å². The fraction of sp³-hybridized carbons (Fsp3) is 0.300. The zero-order valence-electron chi connectivity index (χ0n) is 15.1. The number of hydrogen-bond acceptors (Lipinski definition) is 6. The summed E-state index contributed by atoms with van der Waals surface area (Å²) >= 11 is 7.40. The summed E-state index contributed by atoms with van der Waals surface area (Å²) in [6.45, 7) is 1.99. The molecule has 0 saturated carbocycles. The average Bonchev–Trinajstić information content (AvgIpc) is 3.37. The second-order valence-electron chi connectivity index (χ2n) is 6.58. The SMILES string of the molecule is O=C(Nc1ccccc1OCc1cc(-c2ccc(Cl)s2)on1)C1CCNCC1. The molecule has 1 aliphatic heterocycles. The van der Waals surface area contributed by atoms with Gasteiger partial charge in [-0.15, -0.1) is 11.3 Å². The van der Waals surface area contributed by atoms with Crippen LogP contribution in [0.15, 0.2) is 47.0 Å². The van der Waals surface area contributed by atoms with Gasteiger partial charge in [0, 0.05) is 12.0 Å². The number of piperidine rings is 1. The van der Waals surface area contributed by atoms with Gasteiger partial charge in [0.05, 0.1) is 14.9 Å². The molecule has 1 amide bonds. The van der Waals surface area contributed by atoms with Crippen molar-refractivity contribution in [3.8, 4) is 16.4 Å². The molecule has 0 aliphatic carbocycles. The van der Waals surface area contributed by atoms with Crippen LogP contribution in [0.3, 0.4) is 0 Å².